The van der Waals surface area contributed by atoms with Crippen molar-refractivity contribution < 1.29 is 39.9 Å². The summed E-state index contributed by atoms with van der Waals surface area (Å²) in [7, 11) is -7.88. The molecule has 0 amide bonds. The van der Waals surface area contributed by atoms with Crippen LogP contribution in [0, 0.1) is 0 Å². The Morgan fingerprint density at radius 3 is 1.77 bits per heavy atom. The van der Waals surface area contributed by atoms with Crippen molar-refractivity contribution in [2.75, 3.05) is 65.9 Å². The maximum Gasteiger partial charge on any atom is 0.252 e. The minimum atomic E-state index is -3.67. The minimum Gasteiger partial charge on any atom is -0.415 e. The molecular weight excluding hydrogens is 1120 g/mol. The van der Waals surface area contributed by atoms with Gasteiger partial charge in [0.1, 0.15) is 17.7 Å². The molecule has 0 spiro atoms. The van der Waals surface area contributed by atoms with Crippen LogP contribution < -0.4 is 5.32 Å². The first-order valence-corrected chi connectivity index (χ1v) is 31.1. The van der Waals surface area contributed by atoms with Gasteiger partial charge in [0, 0.05) is 65.1 Å². The Balaban J connectivity index is 0.000000225. The fraction of sp³-hybridized carbons (Fsp3) is 0.486. The first-order chi connectivity index (χ1) is 29.7. The minimum absolute atomic E-state index is 0.0214. The molecule has 17 nitrogen and oxygen atoms in total. The highest BCUT2D eigenvalue weighted by Crippen LogP contribution is 2.40. The number of H-pyrrole nitrogens is 1. The lowest BCUT2D eigenvalue weighted by molar-refractivity contribution is 0.264. The number of halogens is 3. The topological polar surface area (TPSA) is 228 Å². The zero-order valence-corrected chi connectivity index (χ0v) is 46.2. The normalized spacial score (nSPS) is 13.8. The summed E-state index contributed by atoms with van der Waals surface area (Å²) in [6, 6.07) is 11.7. The lowest BCUT2D eigenvalue weighted by Gasteiger charge is -2.36. The van der Waals surface area contributed by atoms with E-state index >= 15 is 0 Å². The number of hydrogen-bond acceptors (Lipinski definition) is 16. The second-order valence-electron chi connectivity index (χ2n) is 15.8. The lowest BCUT2D eigenvalue weighted by Crippen LogP contribution is -2.43. The standard InChI is InChI=1S/C17H19ClN6O3S2.C13H24BrNO3S2Si.C7H10BrNO3S2/c1-24(6-7-25)29(26,27)15-5-4-13(28-15)17-19-9-11(18)16(21-17)20-14-8-12(22-23-14)10-2-3-10;1-13(2,3)21(5,6)18-10-9-15(4)20(16,17)12-8-7-11(14)19-12;1-9(4-5-10)14(11,12)7-3-2-6(8)13-7/h4-5,8-10,25H,2-3,6-7H2,1H3,(H2,19,20,21,22,23);7-8H,9-10H2,1-6H3;2-3,10H,4-5H2,1H3. The Hall–Kier alpha value is -1.73. The van der Waals surface area contributed by atoms with Crippen molar-refractivity contribution in [3.05, 3.63) is 67.0 Å². The van der Waals surface area contributed by atoms with Crippen LogP contribution in [0.5, 0.6) is 0 Å². The number of likely N-dealkylation sites (N-methyl/N-ethyl adjacent to an activating group) is 3. The largest absolute Gasteiger partial charge is 0.415 e. The van der Waals surface area contributed by atoms with E-state index in [0.29, 0.717) is 50.6 Å². The predicted octanol–water partition coefficient (Wildman–Crippen LogP) is 8.09. The number of thiophene rings is 3. The first kappa shape index (κ1) is 54.9. The van der Waals surface area contributed by atoms with Gasteiger partial charge in [-0.15, -0.1) is 34.0 Å². The molecule has 4 N–H and O–H groups in total. The summed E-state index contributed by atoms with van der Waals surface area (Å²) < 4.78 is 85.3. The summed E-state index contributed by atoms with van der Waals surface area (Å²) in [5, 5.41) is 28.4. The highest BCUT2D eigenvalue weighted by Gasteiger charge is 2.37. The molecule has 0 aliphatic heterocycles. The van der Waals surface area contributed by atoms with Gasteiger partial charge < -0.3 is 20.0 Å². The fourth-order valence-corrected chi connectivity index (χ4v) is 15.5. The van der Waals surface area contributed by atoms with E-state index in [0.717, 1.165) is 57.4 Å². The van der Waals surface area contributed by atoms with Crippen LogP contribution in [0.4, 0.5) is 11.6 Å². The average molecular weight is 1170 g/mol. The van der Waals surface area contributed by atoms with Crippen LogP contribution in [0.25, 0.3) is 10.7 Å². The average Bonchev–Trinajstić information content (AvgIpc) is 3.61. The smallest absolute Gasteiger partial charge is 0.252 e. The van der Waals surface area contributed by atoms with Crippen molar-refractivity contribution >= 4 is 127 Å². The van der Waals surface area contributed by atoms with Gasteiger partial charge in [-0.1, -0.05) is 32.4 Å². The number of aliphatic hydroxyl groups excluding tert-OH is 2. The number of nitrogens with one attached hydrogen (secondary N) is 2. The zero-order valence-electron chi connectivity index (χ0n) is 36.4. The SMILES string of the molecule is CN(CCO)S(=O)(=O)c1ccc(-c2ncc(Cl)c(Nc3cc(C4CC4)[nH]n3)n2)s1.CN(CCO)S(=O)(=O)c1ccc(Br)s1.CN(CCO[Si](C)(C)C(C)(C)C)S(=O)(=O)c1ccc(Br)s1. The Kier molecular flexibility index (Phi) is 19.8. The summed E-state index contributed by atoms with van der Waals surface area (Å²) in [4.78, 5) is 9.24. The third-order valence-corrected chi connectivity index (χ3v) is 26.1. The van der Waals surface area contributed by atoms with E-state index in [1.807, 2.05) is 6.07 Å². The van der Waals surface area contributed by atoms with E-state index in [1.165, 1.54) is 48.1 Å². The van der Waals surface area contributed by atoms with E-state index in [-0.39, 0.29) is 39.8 Å². The summed E-state index contributed by atoms with van der Waals surface area (Å²) >= 11 is 16.1. The molecule has 0 radical (unpaired) electrons. The van der Waals surface area contributed by atoms with Crippen LogP contribution in [-0.4, -0.2) is 137 Å². The van der Waals surface area contributed by atoms with Gasteiger partial charge in [-0.05, 0) is 99.2 Å². The van der Waals surface area contributed by atoms with Crippen LogP contribution in [0.1, 0.15) is 45.2 Å². The Labute approximate surface area is 410 Å². The molecule has 0 bridgehead atoms. The third kappa shape index (κ3) is 14.6. The quantitative estimate of drug-likeness (QED) is 0.0609. The first-order valence-electron chi connectivity index (χ1n) is 19.4. The van der Waals surface area contributed by atoms with Crippen LogP contribution in [-0.2, 0) is 34.5 Å². The molecule has 64 heavy (non-hydrogen) atoms. The second kappa shape index (κ2) is 23.0. The van der Waals surface area contributed by atoms with Crippen molar-refractivity contribution in [1.29, 1.82) is 0 Å². The van der Waals surface area contributed by atoms with Crippen molar-refractivity contribution in [3.63, 3.8) is 0 Å². The number of anilines is 2. The molecule has 1 fully saturated rings. The van der Waals surface area contributed by atoms with Crippen LogP contribution in [0.3, 0.4) is 0 Å². The molecule has 356 valence electrons. The van der Waals surface area contributed by atoms with Gasteiger partial charge in [-0.25, -0.2) is 35.2 Å². The van der Waals surface area contributed by atoms with Crippen LogP contribution in [0.2, 0.25) is 23.2 Å². The predicted molar refractivity (Wildman–Crippen MR) is 265 cm³/mol. The van der Waals surface area contributed by atoms with Gasteiger partial charge in [0.25, 0.3) is 30.1 Å². The van der Waals surface area contributed by atoms with Gasteiger partial charge in [0.05, 0.1) is 31.9 Å². The van der Waals surface area contributed by atoms with Crippen LogP contribution >= 0.6 is 77.5 Å². The molecule has 6 rings (SSSR count). The summed E-state index contributed by atoms with van der Waals surface area (Å²) in [5.74, 6) is 1.90. The van der Waals surface area contributed by atoms with E-state index < -0.39 is 38.4 Å². The van der Waals surface area contributed by atoms with Crippen molar-refractivity contribution in [2.45, 2.75) is 70.3 Å². The van der Waals surface area contributed by atoms with Crippen molar-refractivity contribution in [2.24, 2.45) is 0 Å². The number of aromatic nitrogens is 4. The van der Waals surface area contributed by atoms with E-state index in [9.17, 15) is 25.3 Å². The number of aromatic amines is 1. The molecule has 1 aliphatic carbocycles. The number of hydrogen-bond donors (Lipinski definition) is 4. The maximum atomic E-state index is 12.5. The number of sulfonamides is 3. The van der Waals surface area contributed by atoms with Gasteiger partial charge in [-0.3, -0.25) is 5.10 Å². The molecule has 5 aromatic heterocycles. The summed E-state index contributed by atoms with van der Waals surface area (Å²) in [6.07, 6.45) is 3.79. The summed E-state index contributed by atoms with van der Waals surface area (Å²) in [5.41, 5.74) is 1.08. The highest BCUT2D eigenvalue weighted by molar-refractivity contribution is 9.11. The highest BCUT2D eigenvalue weighted by atomic mass is 79.9. The van der Waals surface area contributed by atoms with Gasteiger partial charge in [-0.2, -0.15) is 18.0 Å². The molecule has 0 saturated heterocycles. The fourth-order valence-electron chi connectivity index (χ4n) is 4.90. The lowest BCUT2D eigenvalue weighted by atomic mass is 10.2. The second-order valence-corrected chi connectivity index (χ2v) is 33.8. The Bertz CT molecular complexity index is 2650. The summed E-state index contributed by atoms with van der Waals surface area (Å²) in [6.45, 7) is 11.3. The van der Waals surface area contributed by atoms with E-state index in [2.05, 4.69) is 91.2 Å². The molecule has 0 aromatic carbocycles. The number of aliphatic hydroxyl groups is 2. The third-order valence-electron chi connectivity index (χ3n) is 10.0. The molecular formula is C37H53Br2ClN8O9S6Si. The number of rotatable bonds is 18. The molecule has 1 aliphatic rings. The molecule has 5 heterocycles. The van der Waals surface area contributed by atoms with Crippen LogP contribution in [0.15, 0.2) is 68.9 Å². The molecule has 0 unspecified atom stereocenters. The molecule has 5 aromatic rings. The molecule has 1 saturated carbocycles. The van der Waals surface area contributed by atoms with Gasteiger partial charge in [0.2, 0.25) is 0 Å². The maximum absolute atomic E-state index is 12.5. The zero-order chi connectivity index (χ0) is 47.8. The molecule has 27 heteroatoms. The van der Waals surface area contributed by atoms with Crippen molar-refractivity contribution in [3.8, 4) is 10.7 Å². The van der Waals surface area contributed by atoms with E-state index in [1.54, 1.807) is 31.3 Å². The molecule has 0 atom stereocenters. The van der Waals surface area contributed by atoms with E-state index in [4.69, 9.17) is 26.2 Å². The Morgan fingerprint density at radius 1 is 0.828 bits per heavy atom. The monoisotopic (exact) mass is 1170 g/mol. The van der Waals surface area contributed by atoms with Crippen molar-refractivity contribution in [1.82, 2.24) is 33.1 Å². The van der Waals surface area contributed by atoms with Gasteiger partial charge in [0.15, 0.2) is 25.8 Å². The van der Waals surface area contributed by atoms with Gasteiger partial charge >= 0.3 is 0 Å². The Morgan fingerprint density at radius 2 is 1.31 bits per heavy atom. The number of nitrogens with zero attached hydrogens (tertiary/aromatic N) is 6.